The van der Waals surface area contributed by atoms with E-state index in [2.05, 4.69) is 20.9 Å². The summed E-state index contributed by atoms with van der Waals surface area (Å²) in [4.78, 5) is 4.45. The van der Waals surface area contributed by atoms with Crippen LogP contribution >= 0.6 is 15.9 Å². The van der Waals surface area contributed by atoms with Crippen LogP contribution in [0.1, 0.15) is 12.6 Å². The minimum absolute atomic E-state index is 0.288. The molecule has 0 bridgehead atoms. The van der Waals surface area contributed by atoms with Crippen molar-refractivity contribution in [1.82, 2.24) is 4.98 Å². The van der Waals surface area contributed by atoms with Gasteiger partial charge in [-0.3, -0.25) is 4.98 Å². The fraction of sp³-hybridized carbons (Fsp3) is 0.250. The van der Waals surface area contributed by atoms with Gasteiger partial charge in [0, 0.05) is 5.39 Å². The normalized spacial score (nSPS) is 10.8. The highest BCUT2D eigenvalue weighted by molar-refractivity contribution is 9.10. The molecule has 0 amide bonds. The Labute approximate surface area is 102 Å². The lowest BCUT2D eigenvalue weighted by Gasteiger charge is -2.10. The van der Waals surface area contributed by atoms with Crippen molar-refractivity contribution in [3.8, 4) is 5.75 Å². The van der Waals surface area contributed by atoms with Gasteiger partial charge < -0.3 is 4.74 Å². The number of ether oxygens (including phenoxy) is 1. The zero-order valence-corrected chi connectivity index (χ0v) is 10.6. The number of hydrogen-bond acceptors (Lipinski definition) is 2. The average molecular weight is 284 g/mol. The number of pyridine rings is 1. The summed E-state index contributed by atoms with van der Waals surface area (Å²) in [5.41, 5.74) is 1.66. The molecular formula is C12H11BrFNO. The van der Waals surface area contributed by atoms with Gasteiger partial charge in [0.15, 0.2) is 0 Å². The van der Waals surface area contributed by atoms with Crippen molar-refractivity contribution in [3.05, 3.63) is 34.2 Å². The maximum absolute atomic E-state index is 13.2. The van der Waals surface area contributed by atoms with E-state index in [1.807, 2.05) is 6.92 Å². The molecule has 0 N–H and O–H groups in total. The molecule has 0 spiro atoms. The van der Waals surface area contributed by atoms with E-state index in [1.165, 1.54) is 12.1 Å². The van der Waals surface area contributed by atoms with Crippen LogP contribution in [0.15, 0.2) is 22.7 Å². The van der Waals surface area contributed by atoms with Gasteiger partial charge in [-0.1, -0.05) is 6.92 Å². The highest BCUT2D eigenvalue weighted by atomic mass is 79.9. The Morgan fingerprint density at radius 3 is 2.81 bits per heavy atom. The topological polar surface area (TPSA) is 22.1 Å². The molecule has 0 unspecified atom stereocenters. The summed E-state index contributed by atoms with van der Waals surface area (Å²) in [5, 5.41) is 0.687. The Morgan fingerprint density at radius 1 is 1.44 bits per heavy atom. The SMILES string of the molecule is CCc1nc2ccc(F)cc2c(OC)c1Br. The maximum Gasteiger partial charge on any atom is 0.144 e. The number of nitrogens with zero attached hydrogens (tertiary/aromatic N) is 1. The molecule has 4 heteroatoms. The molecule has 0 saturated carbocycles. The summed E-state index contributed by atoms with van der Waals surface area (Å²) in [6, 6.07) is 4.51. The van der Waals surface area contributed by atoms with Gasteiger partial charge in [-0.2, -0.15) is 0 Å². The molecule has 16 heavy (non-hydrogen) atoms. The molecule has 0 fully saturated rings. The highest BCUT2D eigenvalue weighted by Gasteiger charge is 2.12. The molecule has 0 aliphatic carbocycles. The van der Waals surface area contributed by atoms with Crippen molar-refractivity contribution in [2.24, 2.45) is 0 Å². The largest absolute Gasteiger partial charge is 0.495 e. The first-order valence-electron chi connectivity index (χ1n) is 4.99. The molecule has 0 saturated heterocycles. The second-order valence-corrected chi connectivity index (χ2v) is 4.21. The van der Waals surface area contributed by atoms with Gasteiger partial charge in [-0.15, -0.1) is 0 Å². The van der Waals surface area contributed by atoms with Crippen LogP contribution in [0.25, 0.3) is 10.9 Å². The summed E-state index contributed by atoms with van der Waals surface area (Å²) in [7, 11) is 1.57. The van der Waals surface area contributed by atoms with E-state index in [1.54, 1.807) is 13.2 Å². The first-order chi connectivity index (χ1) is 7.67. The molecule has 0 atom stereocenters. The lowest BCUT2D eigenvalue weighted by molar-refractivity contribution is 0.416. The Kier molecular flexibility index (Phi) is 3.10. The molecule has 2 rings (SSSR count). The molecule has 2 aromatic rings. The lowest BCUT2D eigenvalue weighted by atomic mass is 10.1. The summed E-state index contributed by atoms with van der Waals surface area (Å²) in [5.74, 6) is 0.352. The molecular weight excluding hydrogens is 273 g/mol. The number of halogens is 2. The van der Waals surface area contributed by atoms with E-state index in [9.17, 15) is 4.39 Å². The highest BCUT2D eigenvalue weighted by Crippen LogP contribution is 2.35. The van der Waals surface area contributed by atoms with Crippen LogP contribution < -0.4 is 4.74 Å². The average Bonchev–Trinajstić information content (AvgIpc) is 2.28. The molecule has 84 valence electrons. The van der Waals surface area contributed by atoms with Gasteiger partial charge in [-0.25, -0.2) is 4.39 Å². The number of rotatable bonds is 2. The van der Waals surface area contributed by atoms with Crippen LogP contribution in [0.4, 0.5) is 4.39 Å². The van der Waals surface area contributed by atoms with Crippen LogP contribution in [0.2, 0.25) is 0 Å². The van der Waals surface area contributed by atoms with Gasteiger partial charge in [0.25, 0.3) is 0 Å². The van der Waals surface area contributed by atoms with Crippen molar-refractivity contribution < 1.29 is 9.13 Å². The third-order valence-corrected chi connectivity index (χ3v) is 3.27. The minimum atomic E-state index is -0.288. The first kappa shape index (κ1) is 11.3. The monoisotopic (exact) mass is 283 g/mol. The van der Waals surface area contributed by atoms with Gasteiger partial charge in [0.05, 0.1) is 22.8 Å². The fourth-order valence-corrected chi connectivity index (χ4v) is 2.41. The smallest absolute Gasteiger partial charge is 0.144 e. The Morgan fingerprint density at radius 2 is 2.19 bits per heavy atom. The van der Waals surface area contributed by atoms with Crippen LogP contribution in [-0.4, -0.2) is 12.1 Å². The predicted octanol–water partition coefficient (Wildman–Crippen LogP) is 3.71. The summed E-state index contributed by atoms with van der Waals surface area (Å²) in [6.07, 6.45) is 0.796. The van der Waals surface area contributed by atoms with E-state index in [-0.39, 0.29) is 5.82 Å². The lowest BCUT2D eigenvalue weighted by Crippen LogP contribution is -1.96. The van der Waals surface area contributed by atoms with Gasteiger partial charge in [0.1, 0.15) is 11.6 Å². The minimum Gasteiger partial charge on any atom is -0.495 e. The van der Waals surface area contributed by atoms with Crippen molar-refractivity contribution in [2.45, 2.75) is 13.3 Å². The standard InChI is InChI=1S/C12H11BrFNO/c1-3-9-11(13)12(16-2)8-6-7(14)4-5-10(8)15-9/h4-6H,3H2,1-2H3. The first-order valence-corrected chi connectivity index (χ1v) is 5.78. The second-order valence-electron chi connectivity index (χ2n) is 3.42. The van der Waals surface area contributed by atoms with Gasteiger partial charge in [-0.05, 0) is 40.5 Å². The molecule has 2 nitrogen and oxygen atoms in total. The summed E-state index contributed by atoms with van der Waals surface area (Å²) >= 11 is 3.44. The molecule has 0 aliphatic rings. The summed E-state index contributed by atoms with van der Waals surface area (Å²) in [6.45, 7) is 2.02. The van der Waals surface area contributed by atoms with Crippen molar-refractivity contribution in [1.29, 1.82) is 0 Å². The van der Waals surface area contributed by atoms with E-state index in [0.717, 1.165) is 22.1 Å². The zero-order valence-electron chi connectivity index (χ0n) is 9.05. The number of benzene rings is 1. The van der Waals surface area contributed by atoms with Crippen molar-refractivity contribution >= 4 is 26.8 Å². The fourth-order valence-electron chi connectivity index (χ4n) is 1.67. The zero-order chi connectivity index (χ0) is 11.7. The molecule has 0 radical (unpaired) electrons. The maximum atomic E-state index is 13.2. The number of aryl methyl sites for hydroxylation is 1. The Balaban J connectivity index is 2.84. The van der Waals surface area contributed by atoms with Crippen LogP contribution in [0.3, 0.4) is 0 Å². The number of methoxy groups -OCH3 is 1. The summed E-state index contributed by atoms with van der Waals surface area (Å²) < 4.78 is 19.3. The third kappa shape index (κ3) is 1.78. The van der Waals surface area contributed by atoms with Crippen LogP contribution in [-0.2, 0) is 6.42 Å². The molecule has 1 heterocycles. The molecule has 0 aliphatic heterocycles. The van der Waals surface area contributed by atoms with Crippen molar-refractivity contribution in [3.63, 3.8) is 0 Å². The number of hydrogen-bond donors (Lipinski definition) is 0. The Bertz CT molecular complexity index is 542. The predicted molar refractivity (Wildman–Crippen MR) is 65.3 cm³/mol. The number of fused-ring (bicyclic) bond motifs is 1. The quantitative estimate of drug-likeness (QED) is 0.838. The third-order valence-electron chi connectivity index (χ3n) is 2.45. The van der Waals surface area contributed by atoms with E-state index in [4.69, 9.17) is 4.74 Å². The van der Waals surface area contributed by atoms with Crippen molar-refractivity contribution in [2.75, 3.05) is 7.11 Å². The van der Waals surface area contributed by atoms with Crippen LogP contribution in [0, 0.1) is 5.82 Å². The van der Waals surface area contributed by atoms with E-state index < -0.39 is 0 Å². The number of aromatic nitrogens is 1. The van der Waals surface area contributed by atoms with E-state index in [0.29, 0.717) is 11.1 Å². The Hall–Kier alpha value is -1.16. The molecule has 1 aromatic carbocycles. The van der Waals surface area contributed by atoms with Gasteiger partial charge >= 0.3 is 0 Å². The van der Waals surface area contributed by atoms with Crippen LogP contribution in [0.5, 0.6) is 5.75 Å². The second kappa shape index (κ2) is 4.37. The van der Waals surface area contributed by atoms with E-state index >= 15 is 0 Å². The van der Waals surface area contributed by atoms with Gasteiger partial charge in [0.2, 0.25) is 0 Å². The molecule has 1 aromatic heterocycles.